The number of carboxylic acid groups (broad SMARTS) is 1. The van der Waals surface area contributed by atoms with E-state index < -0.39 is 11.4 Å². The summed E-state index contributed by atoms with van der Waals surface area (Å²) in [6.07, 6.45) is 0.405. The SMILES string of the molecule is CCC(CNC(=O)C1CSc2ccccc21)(C(=O)O)c1ccccc1. The van der Waals surface area contributed by atoms with Crippen molar-refractivity contribution < 1.29 is 14.7 Å². The molecule has 0 saturated carbocycles. The van der Waals surface area contributed by atoms with Gasteiger partial charge in [-0.3, -0.25) is 9.59 Å². The minimum atomic E-state index is -1.11. The molecule has 0 spiro atoms. The van der Waals surface area contributed by atoms with Crippen molar-refractivity contribution in [3.63, 3.8) is 0 Å². The van der Waals surface area contributed by atoms with Crippen molar-refractivity contribution in [2.24, 2.45) is 0 Å². The Morgan fingerprint density at radius 1 is 1.16 bits per heavy atom. The summed E-state index contributed by atoms with van der Waals surface area (Å²) >= 11 is 1.67. The van der Waals surface area contributed by atoms with Crippen LogP contribution in [0.5, 0.6) is 0 Å². The summed E-state index contributed by atoms with van der Waals surface area (Å²) in [6.45, 7) is 1.93. The van der Waals surface area contributed by atoms with Crippen LogP contribution in [0.3, 0.4) is 0 Å². The third-order valence-corrected chi connectivity index (χ3v) is 6.10. The number of carbonyl (C=O) groups is 2. The first-order valence-electron chi connectivity index (χ1n) is 8.37. The van der Waals surface area contributed by atoms with E-state index in [0.29, 0.717) is 17.7 Å². The zero-order valence-electron chi connectivity index (χ0n) is 14.1. The van der Waals surface area contributed by atoms with Crippen molar-refractivity contribution in [3.8, 4) is 0 Å². The second kappa shape index (κ2) is 7.31. The van der Waals surface area contributed by atoms with Gasteiger partial charge in [-0.25, -0.2) is 0 Å². The number of rotatable bonds is 6. The second-order valence-corrected chi connectivity index (χ2v) is 7.29. The van der Waals surface area contributed by atoms with E-state index in [1.54, 1.807) is 11.8 Å². The molecule has 0 aliphatic carbocycles. The average Bonchev–Trinajstić information content (AvgIpc) is 3.07. The first kappa shape index (κ1) is 17.5. The van der Waals surface area contributed by atoms with Gasteiger partial charge in [0.1, 0.15) is 5.41 Å². The van der Waals surface area contributed by atoms with Crippen LogP contribution in [0.25, 0.3) is 0 Å². The molecule has 25 heavy (non-hydrogen) atoms. The Labute approximate surface area is 151 Å². The van der Waals surface area contributed by atoms with Crippen molar-refractivity contribution in [2.75, 3.05) is 12.3 Å². The van der Waals surface area contributed by atoms with E-state index in [-0.39, 0.29) is 18.4 Å². The number of carbonyl (C=O) groups excluding carboxylic acids is 1. The molecule has 0 bridgehead atoms. The van der Waals surface area contributed by atoms with Crippen molar-refractivity contribution in [3.05, 3.63) is 65.7 Å². The number of thioether (sulfide) groups is 1. The number of hydrogen-bond donors (Lipinski definition) is 2. The zero-order chi connectivity index (χ0) is 17.9. The lowest BCUT2D eigenvalue weighted by Gasteiger charge is -2.29. The van der Waals surface area contributed by atoms with Crippen LogP contribution in [-0.4, -0.2) is 29.3 Å². The summed E-state index contributed by atoms with van der Waals surface area (Å²) in [7, 11) is 0. The van der Waals surface area contributed by atoms with Gasteiger partial charge in [0.15, 0.2) is 0 Å². The van der Waals surface area contributed by atoms with Gasteiger partial charge >= 0.3 is 5.97 Å². The molecule has 0 aromatic heterocycles. The van der Waals surface area contributed by atoms with E-state index in [4.69, 9.17) is 0 Å². The minimum absolute atomic E-state index is 0.0883. The molecule has 2 aromatic rings. The Morgan fingerprint density at radius 2 is 1.84 bits per heavy atom. The van der Waals surface area contributed by atoms with Crippen LogP contribution in [0.2, 0.25) is 0 Å². The van der Waals surface area contributed by atoms with Gasteiger partial charge in [0.05, 0.1) is 5.92 Å². The number of benzene rings is 2. The molecule has 1 amide bonds. The third kappa shape index (κ3) is 3.29. The van der Waals surface area contributed by atoms with E-state index in [2.05, 4.69) is 5.32 Å². The molecule has 0 saturated heterocycles. The van der Waals surface area contributed by atoms with E-state index in [0.717, 1.165) is 10.5 Å². The summed E-state index contributed by atoms with van der Waals surface area (Å²) in [5.41, 5.74) is 0.635. The van der Waals surface area contributed by atoms with Crippen LogP contribution < -0.4 is 5.32 Å². The van der Waals surface area contributed by atoms with E-state index >= 15 is 0 Å². The Bertz CT molecular complexity index is 778. The van der Waals surface area contributed by atoms with Gasteiger partial charge in [-0.15, -0.1) is 11.8 Å². The summed E-state index contributed by atoms with van der Waals surface area (Å²) in [6, 6.07) is 17.0. The van der Waals surface area contributed by atoms with Crippen molar-refractivity contribution in [2.45, 2.75) is 29.6 Å². The molecule has 0 radical (unpaired) electrons. The Kier molecular flexibility index (Phi) is 5.13. The molecule has 1 aliphatic heterocycles. The van der Waals surface area contributed by atoms with Crippen LogP contribution in [0.15, 0.2) is 59.5 Å². The Morgan fingerprint density at radius 3 is 2.52 bits per heavy atom. The lowest BCUT2D eigenvalue weighted by molar-refractivity contribution is -0.144. The third-order valence-electron chi connectivity index (χ3n) is 4.92. The molecule has 2 unspecified atom stereocenters. The zero-order valence-corrected chi connectivity index (χ0v) is 14.9. The highest BCUT2D eigenvalue weighted by atomic mass is 32.2. The minimum Gasteiger partial charge on any atom is -0.481 e. The van der Waals surface area contributed by atoms with E-state index in [9.17, 15) is 14.7 Å². The molecule has 3 rings (SSSR count). The maximum atomic E-state index is 12.7. The van der Waals surface area contributed by atoms with Gasteiger partial charge in [0.25, 0.3) is 0 Å². The highest BCUT2D eigenvalue weighted by Crippen LogP contribution is 2.39. The van der Waals surface area contributed by atoms with Crippen molar-refractivity contribution in [1.82, 2.24) is 5.32 Å². The second-order valence-electron chi connectivity index (χ2n) is 6.23. The molecule has 1 heterocycles. The van der Waals surface area contributed by atoms with Gasteiger partial charge in [-0.05, 0) is 23.6 Å². The lowest BCUT2D eigenvalue weighted by Crippen LogP contribution is -2.47. The Balaban J connectivity index is 1.78. The number of nitrogens with one attached hydrogen (secondary N) is 1. The summed E-state index contributed by atoms with van der Waals surface area (Å²) in [4.78, 5) is 25.9. The summed E-state index contributed by atoms with van der Waals surface area (Å²) in [5, 5.41) is 12.8. The van der Waals surface area contributed by atoms with Crippen molar-refractivity contribution >= 4 is 23.6 Å². The molecule has 2 aromatic carbocycles. The molecular weight excluding hydrogens is 334 g/mol. The largest absolute Gasteiger partial charge is 0.481 e. The van der Waals surface area contributed by atoms with Crippen LogP contribution in [0.4, 0.5) is 0 Å². The molecular formula is C20H21NO3S. The molecule has 2 atom stereocenters. The Hall–Kier alpha value is -2.27. The predicted molar refractivity (Wildman–Crippen MR) is 99.0 cm³/mol. The quantitative estimate of drug-likeness (QED) is 0.833. The van der Waals surface area contributed by atoms with Crippen LogP contribution in [-0.2, 0) is 15.0 Å². The highest BCUT2D eigenvalue weighted by molar-refractivity contribution is 7.99. The maximum Gasteiger partial charge on any atom is 0.315 e. The van der Waals surface area contributed by atoms with Gasteiger partial charge in [0, 0.05) is 17.2 Å². The maximum absolute atomic E-state index is 12.7. The molecule has 130 valence electrons. The topological polar surface area (TPSA) is 66.4 Å². The molecule has 4 nitrogen and oxygen atoms in total. The van der Waals surface area contributed by atoms with E-state index in [1.165, 1.54) is 0 Å². The molecule has 1 aliphatic rings. The van der Waals surface area contributed by atoms with Gasteiger partial charge in [-0.2, -0.15) is 0 Å². The van der Waals surface area contributed by atoms with Crippen LogP contribution in [0, 0.1) is 0 Å². The molecule has 5 heteroatoms. The van der Waals surface area contributed by atoms with Crippen LogP contribution >= 0.6 is 11.8 Å². The standard InChI is InChI=1S/C20H21NO3S/c1-2-20(19(23)24,14-8-4-3-5-9-14)13-21-18(22)16-12-25-17-11-7-6-10-15(16)17/h3-11,16H,2,12-13H2,1H3,(H,21,22)(H,23,24). The lowest BCUT2D eigenvalue weighted by atomic mass is 9.78. The number of hydrogen-bond acceptors (Lipinski definition) is 3. The fourth-order valence-corrected chi connectivity index (χ4v) is 4.51. The highest BCUT2D eigenvalue weighted by Gasteiger charge is 2.40. The summed E-state index contributed by atoms with van der Waals surface area (Å²) < 4.78 is 0. The smallest absolute Gasteiger partial charge is 0.315 e. The monoisotopic (exact) mass is 355 g/mol. The molecule has 0 fully saturated rings. The normalized spacial score (nSPS) is 18.2. The number of amides is 1. The molecule has 2 N–H and O–H groups in total. The van der Waals surface area contributed by atoms with Gasteiger partial charge in [-0.1, -0.05) is 55.5 Å². The average molecular weight is 355 g/mol. The number of aliphatic carboxylic acids is 1. The summed E-state index contributed by atoms with van der Waals surface area (Å²) in [5.74, 6) is -0.543. The first-order chi connectivity index (χ1) is 12.1. The van der Waals surface area contributed by atoms with Crippen LogP contribution in [0.1, 0.15) is 30.4 Å². The first-order valence-corrected chi connectivity index (χ1v) is 9.35. The number of fused-ring (bicyclic) bond motifs is 1. The fraction of sp³-hybridized carbons (Fsp3) is 0.300. The predicted octanol–water partition coefficient (Wildman–Crippen LogP) is 3.42. The van der Waals surface area contributed by atoms with Gasteiger partial charge < -0.3 is 10.4 Å². The van der Waals surface area contributed by atoms with Gasteiger partial charge in [0.2, 0.25) is 5.91 Å². The fourth-order valence-electron chi connectivity index (χ4n) is 3.28. The van der Waals surface area contributed by atoms with Crippen molar-refractivity contribution in [1.29, 1.82) is 0 Å². The van der Waals surface area contributed by atoms with E-state index in [1.807, 2.05) is 61.5 Å². The number of carboxylic acids is 1.